The van der Waals surface area contributed by atoms with Gasteiger partial charge in [0.1, 0.15) is 0 Å². The van der Waals surface area contributed by atoms with E-state index in [2.05, 4.69) is 26.3 Å². The molecule has 2 N–H and O–H groups in total. The summed E-state index contributed by atoms with van der Waals surface area (Å²) in [5.74, 6) is 0.961. The summed E-state index contributed by atoms with van der Waals surface area (Å²) in [7, 11) is 2.05. The predicted octanol–water partition coefficient (Wildman–Crippen LogP) is 0.957. The molecule has 0 saturated carbocycles. The summed E-state index contributed by atoms with van der Waals surface area (Å²) < 4.78 is 2.10. The van der Waals surface area contributed by atoms with Crippen LogP contribution in [0.5, 0.6) is 0 Å². The molecule has 1 aliphatic heterocycles. The lowest BCUT2D eigenvalue weighted by Gasteiger charge is -2.28. The van der Waals surface area contributed by atoms with Gasteiger partial charge in [-0.2, -0.15) is 0 Å². The van der Waals surface area contributed by atoms with Crippen LogP contribution in [0.15, 0.2) is 24.3 Å². The second-order valence-electron chi connectivity index (χ2n) is 3.98. The summed E-state index contributed by atoms with van der Waals surface area (Å²) in [5, 5.41) is 6.66. The third kappa shape index (κ3) is 1.37. The molecule has 1 aliphatic rings. The lowest BCUT2D eigenvalue weighted by molar-refractivity contribution is 0.468. The van der Waals surface area contributed by atoms with Crippen LogP contribution in [-0.4, -0.2) is 28.7 Å². The summed E-state index contributed by atoms with van der Waals surface area (Å²) in [6, 6.07) is 8.72. The lowest BCUT2D eigenvalue weighted by atomic mass is 10.2. The number of anilines is 1. The largest absolute Gasteiger partial charge is 0.350 e. The van der Waals surface area contributed by atoms with Gasteiger partial charge in [0.2, 0.25) is 5.95 Å². The molecule has 0 bridgehead atoms. The molecule has 0 atom stereocenters. The van der Waals surface area contributed by atoms with Crippen LogP contribution in [0.4, 0.5) is 5.95 Å². The van der Waals surface area contributed by atoms with Gasteiger partial charge in [0.25, 0.3) is 0 Å². The normalized spacial score (nSPS) is 16.6. The van der Waals surface area contributed by atoms with Crippen LogP contribution in [0.1, 0.15) is 0 Å². The molecule has 2 heterocycles. The summed E-state index contributed by atoms with van der Waals surface area (Å²) in [5.41, 5.74) is 2.22. The Balaban J connectivity index is 1.99. The molecule has 15 heavy (non-hydrogen) atoms. The average molecular weight is 202 g/mol. The van der Waals surface area contributed by atoms with Crippen LogP contribution >= 0.6 is 0 Å². The molecular weight excluding hydrogens is 188 g/mol. The maximum Gasteiger partial charge on any atom is 0.203 e. The number of rotatable bonds is 2. The number of nitrogens with one attached hydrogen (secondary N) is 2. The number of aryl methyl sites for hydroxylation is 1. The van der Waals surface area contributed by atoms with Crippen molar-refractivity contribution in [3.05, 3.63) is 24.3 Å². The molecule has 78 valence electrons. The molecule has 0 radical (unpaired) electrons. The number of nitrogens with zero attached hydrogens (tertiary/aromatic N) is 2. The highest BCUT2D eigenvalue weighted by atomic mass is 15.2. The van der Waals surface area contributed by atoms with Crippen molar-refractivity contribution in [2.45, 2.75) is 6.04 Å². The summed E-state index contributed by atoms with van der Waals surface area (Å²) in [4.78, 5) is 4.56. The third-order valence-corrected chi connectivity index (χ3v) is 2.90. The van der Waals surface area contributed by atoms with Gasteiger partial charge < -0.3 is 15.2 Å². The second-order valence-corrected chi connectivity index (χ2v) is 3.98. The summed E-state index contributed by atoms with van der Waals surface area (Å²) in [6.45, 7) is 2.06. The van der Waals surface area contributed by atoms with Crippen molar-refractivity contribution in [1.29, 1.82) is 0 Å². The van der Waals surface area contributed by atoms with Crippen LogP contribution in [0.3, 0.4) is 0 Å². The number of hydrogen-bond acceptors (Lipinski definition) is 3. The highest BCUT2D eigenvalue weighted by Crippen LogP contribution is 2.18. The minimum Gasteiger partial charge on any atom is -0.350 e. The Kier molecular flexibility index (Phi) is 1.89. The number of imidazole rings is 1. The Morgan fingerprint density at radius 2 is 2.20 bits per heavy atom. The van der Waals surface area contributed by atoms with Crippen molar-refractivity contribution in [2.75, 3.05) is 18.4 Å². The van der Waals surface area contributed by atoms with Crippen molar-refractivity contribution in [1.82, 2.24) is 14.9 Å². The van der Waals surface area contributed by atoms with Crippen LogP contribution in [0, 0.1) is 0 Å². The standard InChI is InChI=1S/C11H14N4/c1-15-10-5-3-2-4-9(10)14-11(15)13-8-6-12-7-8/h2-5,8,12H,6-7H2,1H3,(H,13,14). The van der Waals surface area contributed by atoms with Crippen molar-refractivity contribution in [2.24, 2.45) is 7.05 Å². The van der Waals surface area contributed by atoms with Gasteiger partial charge in [-0.1, -0.05) is 12.1 Å². The molecule has 0 spiro atoms. The van der Waals surface area contributed by atoms with E-state index < -0.39 is 0 Å². The smallest absolute Gasteiger partial charge is 0.203 e. The Morgan fingerprint density at radius 3 is 2.87 bits per heavy atom. The van der Waals surface area contributed by atoms with Gasteiger partial charge in [-0.05, 0) is 12.1 Å². The third-order valence-electron chi connectivity index (χ3n) is 2.90. The predicted molar refractivity (Wildman–Crippen MR) is 61.0 cm³/mol. The van der Waals surface area contributed by atoms with E-state index in [4.69, 9.17) is 0 Å². The maximum atomic E-state index is 4.56. The minimum atomic E-state index is 0.528. The molecule has 0 aliphatic carbocycles. The van der Waals surface area contributed by atoms with E-state index in [1.165, 1.54) is 5.52 Å². The van der Waals surface area contributed by atoms with Gasteiger partial charge in [-0.25, -0.2) is 4.98 Å². The molecule has 0 unspecified atom stereocenters. The van der Waals surface area contributed by atoms with Gasteiger partial charge in [-0.15, -0.1) is 0 Å². The number of para-hydroxylation sites is 2. The van der Waals surface area contributed by atoms with Crippen LogP contribution in [0.2, 0.25) is 0 Å². The Labute approximate surface area is 88.3 Å². The first-order valence-corrected chi connectivity index (χ1v) is 5.23. The lowest BCUT2D eigenvalue weighted by Crippen LogP contribution is -2.51. The number of hydrogen-bond donors (Lipinski definition) is 2. The summed E-state index contributed by atoms with van der Waals surface area (Å²) >= 11 is 0. The molecule has 1 aromatic heterocycles. The van der Waals surface area contributed by atoms with Crippen LogP contribution < -0.4 is 10.6 Å². The Bertz CT molecular complexity index is 484. The molecule has 1 aromatic carbocycles. The van der Waals surface area contributed by atoms with Crippen molar-refractivity contribution in [3.63, 3.8) is 0 Å². The molecule has 4 heteroatoms. The molecule has 4 nitrogen and oxygen atoms in total. The topological polar surface area (TPSA) is 41.9 Å². The van der Waals surface area contributed by atoms with E-state index >= 15 is 0 Å². The highest BCUT2D eigenvalue weighted by molar-refractivity contribution is 5.78. The summed E-state index contributed by atoms with van der Waals surface area (Å²) in [6.07, 6.45) is 0. The monoisotopic (exact) mass is 202 g/mol. The molecule has 2 aromatic rings. The molecular formula is C11H14N4. The number of fused-ring (bicyclic) bond motifs is 1. The highest BCUT2D eigenvalue weighted by Gasteiger charge is 2.18. The van der Waals surface area contributed by atoms with Gasteiger partial charge in [-0.3, -0.25) is 0 Å². The first-order chi connectivity index (χ1) is 7.34. The van der Waals surface area contributed by atoms with Gasteiger partial charge in [0.15, 0.2) is 0 Å². The number of benzene rings is 1. The van der Waals surface area contributed by atoms with E-state index in [1.54, 1.807) is 0 Å². The fraction of sp³-hybridized carbons (Fsp3) is 0.364. The minimum absolute atomic E-state index is 0.528. The van der Waals surface area contributed by atoms with Gasteiger partial charge in [0, 0.05) is 20.1 Å². The fourth-order valence-corrected chi connectivity index (χ4v) is 1.85. The zero-order valence-electron chi connectivity index (χ0n) is 8.70. The van der Waals surface area contributed by atoms with E-state index in [-0.39, 0.29) is 0 Å². The first-order valence-electron chi connectivity index (χ1n) is 5.23. The van der Waals surface area contributed by atoms with Gasteiger partial charge >= 0.3 is 0 Å². The van der Waals surface area contributed by atoms with E-state index in [9.17, 15) is 0 Å². The molecule has 0 amide bonds. The fourth-order valence-electron chi connectivity index (χ4n) is 1.85. The molecule has 3 rings (SSSR count). The Morgan fingerprint density at radius 1 is 1.40 bits per heavy atom. The van der Waals surface area contributed by atoms with E-state index in [0.717, 1.165) is 24.6 Å². The van der Waals surface area contributed by atoms with Gasteiger partial charge in [0.05, 0.1) is 17.1 Å². The zero-order valence-corrected chi connectivity index (χ0v) is 8.70. The van der Waals surface area contributed by atoms with Crippen LogP contribution in [0.25, 0.3) is 11.0 Å². The first kappa shape index (κ1) is 8.73. The number of aromatic nitrogens is 2. The quantitative estimate of drug-likeness (QED) is 0.762. The molecule has 1 saturated heterocycles. The van der Waals surface area contributed by atoms with E-state index in [0.29, 0.717) is 6.04 Å². The average Bonchev–Trinajstić information content (AvgIpc) is 2.51. The second kappa shape index (κ2) is 3.24. The van der Waals surface area contributed by atoms with Crippen molar-refractivity contribution < 1.29 is 0 Å². The van der Waals surface area contributed by atoms with Crippen molar-refractivity contribution in [3.8, 4) is 0 Å². The zero-order chi connectivity index (χ0) is 10.3. The van der Waals surface area contributed by atoms with Crippen LogP contribution in [-0.2, 0) is 7.05 Å². The maximum absolute atomic E-state index is 4.56. The SMILES string of the molecule is Cn1c(NC2CNC2)nc2ccccc21. The van der Waals surface area contributed by atoms with Crippen molar-refractivity contribution >= 4 is 17.0 Å². The Hall–Kier alpha value is -1.55. The molecule has 1 fully saturated rings. The van der Waals surface area contributed by atoms with E-state index in [1.807, 2.05) is 25.2 Å².